The number of hydrogen-bond donors (Lipinski definition) is 1. The lowest BCUT2D eigenvalue weighted by Gasteiger charge is -2.48. The number of amides is 1. The second kappa shape index (κ2) is 4.66. The first kappa shape index (κ1) is 13.8. The molecular weight excluding hydrogens is 270 g/mol. The molecule has 1 amide bonds. The molecule has 1 N–H and O–H groups in total. The SMILES string of the molecule is CC(C)C1(O)CN(C(=O)c2cnc3ccccn3c2=O)C1. The highest BCUT2D eigenvalue weighted by atomic mass is 16.3. The van der Waals surface area contributed by atoms with Crippen molar-refractivity contribution in [2.75, 3.05) is 13.1 Å². The summed E-state index contributed by atoms with van der Waals surface area (Å²) in [4.78, 5) is 30.3. The molecule has 1 saturated heterocycles. The lowest BCUT2D eigenvalue weighted by atomic mass is 9.83. The number of β-amino-alcohol motifs (C(OH)–C–C–N with tert-alkyl or cyclic N) is 1. The van der Waals surface area contributed by atoms with Crippen molar-refractivity contribution in [3.63, 3.8) is 0 Å². The summed E-state index contributed by atoms with van der Waals surface area (Å²) in [6.07, 6.45) is 2.90. The molecule has 0 unspecified atom stereocenters. The van der Waals surface area contributed by atoms with E-state index in [1.54, 1.807) is 24.4 Å². The van der Waals surface area contributed by atoms with E-state index in [4.69, 9.17) is 0 Å². The molecule has 0 atom stereocenters. The molecule has 1 fully saturated rings. The van der Waals surface area contributed by atoms with Gasteiger partial charge in [0.2, 0.25) is 0 Å². The van der Waals surface area contributed by atoms with Gasteiger partial charge in [0.15, 0.2) is 0 Å². The number of hydrogen-bond acceptors (Lipinski definition) is 4. The molecule has 6 nitrogen and oxygen atoms in total. The maximum absolute atomic E-state index is 12.4. The van der Waals surface area contributed by atoms with E-state index in [2.05, 4.69) is 4.98 Å². The highest BCUT2D eigenvalue weighted by molar-refractivity contribution is 5.94. The van der Waals surface area contributed by atoms with Crippen LogP contribution < -0.4 is 5.56 Å². The van der Waals surface area contributed by atoms with E-state index in [0.717, 1.165) is 0 Å². The summed E-state index contributed by atoms with van der Waals surface area (Å²) < 4.78 is 1.35. The Kier molecular flexibility index (Phi) is 3.06. The summed E-state index contributed by atoms with van der Waals surface area (Å²) in [5.74, 6) is -0.312. The van der Waals surface area contributed by atoms with Gasteiger partial charge < -0.3 is 10.0 Å². The van der Waals surface area contributed by atoms with E-state index >= 15 is 0 Å². The molecule has 0 radical (unpaired) electrons. The van der Waals surface area contributed by atoms with Gasteiger partial charge in [-0.25, -0.2) is 4.98 Å². The minimum absolute atomic E-state index is 0.0320. The number of rotatable bonds is 2. The second-order valence-electron chi connectivity index (χ2n) is 5.83. The van der Waals surface area contributed by atoms with Crippen molar-refractivity contribution in [2.24, 2.45) is 5.92 Å². The van der Waals surface area contributed by atoms with Gasteiger partial charge in [0, 0.05) is 12.4 Å². The molecule has 0 spiro atoms. The van der Waals surface area contributed by atoms with Crippen LogP contribution in [0.25, 0.3) is 5.65 Å². The first-order valence-corrected chi connectivity index (χ1v) is 6.90. The molecule has 1 aliphatic rings. The summed E-state index contributed by atoms with van der Waals surface area (Å²) in [5.41, 5.74) is -0.702. The first-order valence-electron chi connectivity index (χ1n) is 6.90. The Hall–Kier alpha value is -2.21. The standard InChI is InChI=1S/C15H17N3O3/c1-10(2)15(21)8-17(9-15)13(19)11-7-16-12-5-3-4-6-18(12)14(11)20/h3-7,10,21H,8-9H2,1-2H3. The van der Waals surface area contributed by atoms with Gasteiger partial charge in [0.1, 0.15) is 16.8 Å². The van der Waals surface area contributed by atoms with Crippen LogP contribution in [0.1, 0.15) is 24.2 Å². The fourth-order valence-corrected chi connectivity index (χ4v) is 2.47. The van der Waals surface area contributed by atoms with Crippen LogP contribution in [0.3, 0.4) is 0 Å². The van der Waals surface area contributed by atoms with Crippen LogP contribution in [-0.4, -0.2) is 44.0 Å². The smallest absolute Gasteiger partial charge is 0.270 e. The molecule has 0 bridgehead atoms. The molecule has 21 heavy (non-hydrogen) atoms. The van der Waals surface area contributed by atoms with Crippen molar-refractivity contribution in [3.05, 3.63) is 46.5 Å². The highest BCUT2D eigenvalue weighted by Gasteiger charge is 2.46. The maximum Gasteiger partial charge on any atom is 0.270 e. The summed E-state index contributed by atoms with van der Waals surface area (Å²) in [5, 5.41) is 10.2. The fourth-order valence-electron chi connectivity index (χ4n) is 2.47. The van der Waals surface area contributed by atoms with Crippen LogP contribution in [0.5, 0.6) is 0 Å². The van der Waals surface area contributed by atoms with E-state index < -0.39 is 5.60 Å². The zero-order chi connectivity index (χ0) is 15.2. The number of aliphatic hydroxyl groups is 1. The summed E-state index contributed by atoms with van der Waals surface area (Å²) in [6, 6.07) is 5.20. The van der Waals surface area contributed by atoms with Gasteiger partial charge in [-0.1, -0.05) is 19.9 Å². The molecular formula is C15H17N3O3. The second-order valence-corrected chi connectivity index (χ2v) is 5.83. The summed E-state index contributed by atoms with van der Waals surface area (Å²) >= 11 is 0. The number of pyridine rings is 1. The fraction of sp³-hybridized carbons (Fsp3) is 0.400. The number of nitrogens with zero attached hydrogens (tertiary/aromatic N) is 3. The van der Waals surface area contributed by atoms with E-state index in [9.17, 15) is 14.7 Å². The minimum atomic E-state index is -0.851. The van der Waals surface area contributed by atoms with Crippen LogP contribution in [0.2, 0.25) is 0 Å². The Morgan fingerprint density at radius 2 is 2.10 bits per heavy atom. The number of aromatic nitrogens is 2. The van der Waals surface area contributed by atoms with Gasteiger partial charge in [0.05, 0.1) is 13.1 Å². The van der Waals surface area contributed by atoms with Gasteiger partial charge in [-0.2, -0.15) is 0 Å². The van der Waals surface area contributed by atoms with Crippen molar-refractivity contribution < 1.29 is 9.90 Å². The molecule has 6 heteroatoms. The Balaban J connectivity index is 1.90. The molecule has 2 aromatic heterocycles. The molecule has 0 aromatic carbocycles. The van der Waals surface area contributed by atoms with Crippen molar-refractivity contribution in [3.8, 4) is 0 Å². The van der Waals surface area contributed by atoms with Crippen molar-refractivity contribution in [1.29, 1.82) is 0 Å². The molecule has 2 aromatic rings. The molecule has 0 aliphatic carbocycles. The zero-order valence-corrected chi connectivity index (χ0v) is 12.0. The predicted molar refractivity (Wildman–Crippen MR) is 77.2 cm³/mol. The predicted octanol–water partition coefficient (Wildman–Crippen LogP) is 0.537. The Morgan fingerprint density at radius 1 is 1.38 bits per heavy atom. The number of fused-ring (bicyclic) bond motifs is 1. The topological polar surface area (TPSA) is 74.9 Å². The van der Waals surface area contributed by atoms with Gasteiger partial charge in [0.25, 0.3) is 11.5 Å². The molecule has 3 heterocycles. The van der Waals surface area contributed by atoms with Gasteiger partial charge in [-0.3, -0.25) is 14.0 Å². The van der Waals surface area contributed by atoms with Crippen LogP contribution in [0.15, 0.2) is 35.4 Å². The van der Waals surface area contributed by atoms with Crippen LogP contribution in [0, 0.1) is 5.92 Å². The van der Waals surface area contributed by atoms with E-state index in [-0.39, 0.29) is 36.0 Å². The summed E-state index contributed by atoms with van der Waals surface area (Å²) in [7, 11) is 0. The summed E-state index contributed by atoms with van der Waals surface area (Å²) in [6.45, 7) is 4.32. The maximum atomic E-state index is 12.4. The van der Waals surface area contributed by atoms with Gasteiger partial charge in [-0.15, -0.1) is 0 Å². The Labute approximate surface area is 121 Å². The molecule has 110 valence electrons. The Bertz CT molecular complexity index is 760. The highest BCUT2D eigenvalue weighted by Crippen LogP contribution is 2.29. The van der Waals surface area contributed by atoms with Crippen LogP contribution >= 0.6 is 0 Å². The lowest BCUT2D eigenvalue weighted by Crippen LogP contribution is -2.66. The monoisotopic (exact) mass is 287 g/mol. The minimum Gasteiger partial charge on any atom is -0.386 e. The van der Waals surface area contributed by atoms with Gasteiger partial charge >= 0.3 is 0 Å². The van der Waals surface area contributed by atoms with Gasteiger partial charge in [-0.05, 0) is 18.1 Å². The third-order valence-electron chi connectivity index (χ3n) is 4.14. The number of carbonyl (C=O) groups is 1. The first-order chi connectivity index (χ1) is 9.92. The van der Waals surface area contributed by atoms with Crippen LogP contribution in [-0.2, 0) is 0 Å². The van der Waals surface area contributed by atoms with E-state index in [1.165, 1.54) is 15.5 Å². The third kappa shape index (κ3) is 2.12. The number of carbonyl (C=O) groups excluding carboxylic acids is 1. The van der Waals surface area contributed by atoms with E-state index in [0.29, 0.717) is 5.65 Å². The zero-order valence-electron chi connectivity index (χ0n) is 12.0. The molecule has 1 aliphatic heterocycles. The number of likely N-dealkylation sites (tertiary alicyclic amines) is 1. The van der Waals surface area contributed by atoms with Crippen molar-refractivity contribution >= 4 is 11.6 Å². The lowest BCUT2D eigenvalue weighted by molar-refractivity contribution is -0.110. The normalized spacial score (nSPS) is 17.0. The molecule has 0 saturated carbocycles. The Morgan fingerprint density at radius 3 is 2.76 bits per heavy atom. The van der Waals surface area contributed by atoms with E-state index in [1.807, 2.05) is 13.8 Å². The average molecular weight is 287 g/mol. The largest absolute Gasteiger partial charge is 0.386 e. The molecule has 3 rings (SSSR count). The van der Waals surface area contributed by atoms with Crippen LogP contribution in [0.4, 0.5) is 0 Å². The average Bonchev–Trinajstić information content (AvgIpc) is 2.43. The quantitative estimate of drug-likeness (QED) is 0.874. The van der Waals surface area contributed by atoms with Crippen molar-refractivity contribution in [2.45, 2.75) is 19.4 Å². The van der Waals surface area contributed by atoms with Crippen molar-refractivity contribution in [1.82, 2.24) is 14.3 Å². The third-order valence-corrected chi connectivity index (χ3v) is 4.14.